The van der Waals surface area contributed by atoms with Crippen LogP contribution in [0.2, 0.25) is 0 Å². The van der Waals surface area contributed by atoms with Gasteiger partial charge in [0.2, 0.25) is 0 Å². The number of para-hydroxylation sites is 1. The van der Waals surface area contributed by atoms with Gasteiger partial charge in [-0.2, -0.15) is 0 Å². The average Bonchev–Trinajstić information content (AvgIpc) is 2.84. The third kappa shape index (κ3) is 6.37. The highest BCUT2D eigenvalue weighted by Crippen LogP contribution is 2.31. The maximum Gasteiger partial charge on any atom is 0.309 e. The maximum absolute atomic E-state index is 12.1. The van der Waals surface area contributed by atoms with Crippen LogP contribution in [0.4, 0.5) is 0 Å². The highest BCUT2D eigenvalue weighted by atomic mass is 16.5. The summed E-state index contributed by atoms with van der Waals surface area (Å²) in [6.45, 7) is 9.74. The monoisotopic (exact) mass is 444 g/mol. The normalized spacial score (nSPS) is 19.5. The van der Waals surface area contributed by atoms with Crippen LogP contribution < -0.4 is 10.1 Å². The van der Waals surface area contributed by atoms with Crippen LogP contribution in [0.25, 0.3) is 0 Å². The molecule has 7 nitrogen and oxygen atoms in total. The van der Waals surface area contributed by atoms with Crippen molar-refractivity contribution in [3.63, 3.8) is 0 Å². The van der Waals surface area contributed by atoms with Crippen molar-refractivity contribution in [2.24, 2.45) is 10.9 Å². The van der Waals surface area contributed by atoms with Crippen LogP contribution in [0.1, 0.15) is 57.6 Å². The fourth-order valence-electron chi connectivity index (χ4n) is 4.77. The van der Waals surface area contributed by atoms with Gasteiger partial charge in [0, 0.05) is 25.2 Å². The summed E-state index contributed by atoms with van der Waals surface area (Å²) in [6.07, 6.45) is 5.39. The molecule has 0 radical (unpaired) electrons. The van der Waals surface area contributed by atoms with Crippen molar-refractivity contribution in [2.75, 3.05) is 53.0 Å². The Hall–Kier alpha value is -2.28. The zero-order valence-corrected chi connectivity index (χ0v) is 20.0. The molecule has 0 aromatic heterocycles. The van der Waals surface area contributed by atoms with Crippen molar-refractivity contribution in [3.05, 3.63) is 29.8 Å². The Bertz CT molecular complexity index is 740. The van der Waals surface area contributed by atoms with Crippen molar-refractivity contribution in [2.45, 2.75) is 52.0 Å². The van der Waals surface area contributed by atoms with Crippen molar-refractivity contribution < 1.29 is 14.3 Å². The largest absolute Gasteiger partial charge is 0.496 e. The Kier molecular flexibility index (Phi) is 9.65. The van der Waals surface area contributed by atoms with E-state index in [0.29, 0.717) is 13.2 Å². The molecule has 0 saturated carbocycles. The first-order valence-corrected chi connectivity index (χ1v) is 12.2. The highest BCUT2D eigenvalue weighted by Gasteiger charge is 2.28. The molecule has 2 fully saturated rings. The van der Waals surface area contributed by atoms with Gasteiger partial charge in [-0.15, -0.1) is 0 Å². The predicted octanol–water partition coefficient (Wildman–Crippen LogP) is 3.46. The maximum atomic E-state index is 12.1. The lowest BCUT2D eigenvalue weighted by atomic mass is 9.97. The minimum atomic E-state index is -0.0598. The van der Waals surface area contributed by atoms with Gasteiger partial charge in [0.1, 0.15) is 5.75 Å². The molecular weight excluding hydrogens is 404 g/mol. The lowest BCUT2D eigenvalue weighted by Crippen LogP contribution is -2.47. The molecule has 2 aliphatic rings. The molecule has 0 spiro atoms. The van der Waals surface area contributed by atoms with Crippen LogP contribution in [-0.4, -0.2) is 74.7 Å². The van der Waals surface area contributed by atoms with Gasteiger partial charge in [0.15, 0.2) is 5.96 Å². The Balaban J connectivity index is 1.74. The number of ether oxygens (including phenoxy) is 2. The van der Waals surface area contributed by atoms with E-state index in [1.807, 2.05) is 19.1 Å². The van der Waals surface area contributed by atoms with Crippen LogP contribution in [-0.2, 0) is 9.53 Å². The van der Waals surface area contributed by atoms with Gasteiger partial charge >= 0.3 is 5.97 Å². The standard InChI is InChI=1S/C25H40N4O3/c1-4-26-25(29-17-13-20(14-18-29)24(30)32-5-2)27-19-22(28-15-9-6-10-16-28)21-11-7-8-12-23(21)31-3/h7-8,11-12,20,22H,4-6,9-10,13-19H2,1-3H3,(H,26,27). The van der Waals surface area contributed by atoms with Crippen LogP contribution in [0.3, 0.4) is 0 Å². The molecule has 32 heavy (non-hydrogen) atoms. The smallest absolute Gasteiger partial charge is 0.309 e. The van der Waals surface area contributed by atoms with E-state index in [1.54, 1.807) is 7.11 Å². The van der Waals surface area contributed by atoms with Crippen LogP contribution in [0.15, 0.2) is 29.3 Å². The first-order chi connectivity index (χ1) is 15.7. The van der Waals surface area contributed by atoms with E-state index in [2.05, 4.69) is 34.2 Å². The van der Waals surface area contributed by atoms with Crippen LogP contribution in [0.5, 0.6) is 5.75 Å². The number of guanidine groups is 1. The molecule has 1 aromatic carbocycles. The van der Waals surface area contributed by atoms with Crippen LogP contribution >= 0.6 is 0 Å². The molecule has 0 aliphatic carbocycles. The number of likely N-dealkylation sites (tertiary alicyclic amines) is 2. The van der Waals surface area contributed by atoms with Gasteiger partial charge in [-0.05, 0) is 58.7 Å². The molecule has 1 aromatic rings. The number of methoxy groups -OCH3 is 1. The van der Waals surface area contributed by atoms with Crippen molar-refractivity contribution >= 4 is 11.9 Å². The number of hydrogen-bond donors (Lipinski definition) is 1. The van der Waals surface area contributed by atoms with Crippen LogP contribution in [0, 0.1) is 5.92 Å². The number of benzene rings is 1. The van der Waals surface area contributed by atoms with E-state index >= 15 is 0 Å². The molecule has 7 heteroatoms. The first kappa shape index (κ1) is 24.4. The predicted molar refractivity (Wildman–Crippen MR) is 128 cm³/mol. The van der Waals surface area contributed by atoms with E-state index in [9.17, 15) is 4.79 Å². The van der Waals surface area contributed by atoms with Crippen molar-refractivity contribution in [1.82, 2.24) is 15.1 Å². The van der Waals surface area contributed by atoms with E-state index in [4.69, 9.17) is 14.5 Å². The second kappa shape index (κ2) is 12.7. The Morgan fingerprint density at radius 3 is 2.50 bits per heavy atom. The van der Waals surface area contributed by atoms with Crippen molar-refractivity contribution in [1.29, 1.82) is 0 Å². The number of nitrogens with one attached hydrogen (secondary N) is 1. The van der Waals surface area contributed by atoms with Crippen molar-refractivity contribution in [3.8, 4) is 5.75 Å². The Morgan fingerprint density at radius 1 is 1.12 bits per heavy atom. The fourth-order valence-corrected chi connectivity index (χ4v) is 4.77. The third-order valence-electron chi connectivity index (χ3n) is 6.49. The Morgan fingerprint density at radius 2 is 1.84 bits per heavy atom. The number of carbonyl (C=O) groups is 1. The topological polar surface area (TPSA) is 66.4 Å². The lowest BCUT2D eigenvalue weighted by Gasteiger charge is -2.36. The molecule has 3 rings (SSSR count). The molecule has 2 heterocycles. The SMILES string of the molecule is CCNC(=NCC(c1ccccc1OC)N1CCCCC1)N1CCC(C(=O)OCC)CC1. The number of aliphatic imine (C=N–C) groups is 1. The highest BCUT2D eigenvalue weighted by molar-refractivity contribution is 5.80. The summed E-state index contributed by atoms with van der Waals surface area (Å²) < 4.78 is 10.9. The molecular formula is C25H40N4O3. The average molecular weight is 445 g/mol. The van der Waals surface area contributed by atoms with E-state index in [0.717, 1.165) is 57.3 Å². The summed E-state index contributed by atoms with van der Waals surface area (Å²) in [5, 5.41) is 3.47. The fraction of sp³-hybridized carbons (Fsp3) is 0.680. The molecule has 1 atom stereocenters. The zero-order chi connectivity index (χ0) is 22.8. The molecule has 178 valence electrons. The summed E-state index contributed by atoms with van der Waals surface area (Å²) in [7, 11) is 1.74. The molecule has 2 aliphatic heterocycles. The number of rotatable bonds is 8. The summed E-state index contributed by atoms with van der Waals surface area (Å²) in [5.41, 5.74) is 1.21. The summed E-state index contributed by atoms with van der Waals surface area (Å²) in [4.78, 5) is 22.0. The summed E-state index contributed by atoms with van der Waals surface area (Å²) in [6, 6.07) is 8.52. The molecule has 0 bridgehead atoms. The third-order valence-corrected chi connectivity index (χ3v) is 6.49. The lowest BCUT2D eigenvalue weighted by molar-refractivity contribution is -0.149. The van der Waals surface area contributed by atoms with Gasteiger partial charge in [-0.1, -0.05) is 24.6 Å². The molecule has 2 saturated heterocycles. The van der Waals surface area contributed by atoms with Gasteiger partial charge in [-0.3, -0.25) is 14.7 Å². The number of piperidine rings is 2. The second-order valence-corrected chi connectivity index (χ2v) is 8.56. The van der Waals surface area contributed by atoms with E-state index < -0.39 is 0 Å². The van der Waals surface area contributed by atoms with Gasteiger partial charge in [-0.25, -0.2) is 0 Å². The number of nitrogens with zero attached hydrogens (tertiary/aromatic N) is 3. The van der Waals surface area contributed by atoms with E-state index in [1.165, 1.54) is 24.8 Å². The summed E-state index contributed by atoms with van der Waals surface area (Å²) >= 11 is 0. The quantitative estimate of drug-likeness (QED) is 0.376. The number of carbonyl (C=O) groups excluding carboxylic acids is 1. The first-order valence-electron chi connectivity index (χ1n) is 12.2. The summed E-state index contributed by atoms with van der Waals surface area (Å²) in [5.74, 6) is 1.81. The molecule has 0 amide bonds. The minimum Gasteiger partial charge on any atom is -0.496 e. The van der Waals surface area contributed by atoms with E-state index in [-0.39, 0.29) is 17.9 Å². The zero-order valence-electron chi connectivity index (χ0n) is 20.0. The van der Waals surface area contributed by atoms with Gasteiger partial charge in [0.05, 0.1) is 32.2 Å². The number of hydrogen-bond acceptors (Lipinski definition) is 5. The van der Waals surface area contributed by atoms with Gasteiger partial charge < -0.3 is 19.7 Å². The minimum absolute atomic E-state index is 0.00348. The Labute approximate surface area is 193 Å². The van der Waals surface area contributed by atoms with Gasteiger partial charge in [0.25, 0.3) is 0 Å². The molecule has 1 unspecified atom stereocenters. The molecule has 1 N–H and O–H groups in total. The second-order valence-electron chi connectivity index (χ2n) is 8.56. The number of esters is 1.